The average Bonchev–Trinajstić information content (AvgIpc) is 3.50. The lowest BCUT2D eigenvalue weighted by atomic mass is 10.2. The lowest BCUT2D eigenvalue weighted by Gasteiger charge is -2.15. The van der Waals surface area contributed by atoms with Crippen LogP contribution in [0.1, 0.15) is 5.69 Å². The van der Waals surface area contributed by atoms with Gasteiger partial charge in [-0.15, -0.1) is 0 Å². The Morgan fingerprint density at radius 1 is 1.00 bits per heavy atom. The standard InChI is InChI=1S/C25H23F3N6O3/c1-34-20-6-4-15(11-17(20)31-24(34)32-18-10-14(35-2)5-7-21(18)36-3)37-16-8-9-29-19(12-16)23-30-13-22(33-23)25(26,27)28/h4-12,22H,13H2,1-3H3,(H,30,33)(H,31,32). The number of benzene rings is 2. The molecule has 0 spiro atoms. The van der Waals surface area contributed by atoms with E-state index in [1.165, 1.54) is 12.3 Å². The van der Waals surface area contributed by atoms with Crippen LogP contribution in [0.4, 0.5) is 24.8 Å². The summed E-state index contributed by atoms with van der Waals surface area (Å²) < 4.78 is 57.5. The van der Waals surface area contributed by atoms with Crippen LogP contribution < -0.4 is 24.8 Å². The zero-order valence-corrected chi connectivity index (χ0v) is 20.1. The number of imidazole rings is 1. The molecule has 1 atom stereocenters. The van der Waals surface area contributed by atoms with Crippen LogP contribution in [0.5, 0.6) is 23.0 Å². The van der Waals surface area contributed by atoms with E-state index in [2.05, 4.69) is 25.6 Å². The molecule has 4 aromatic rings. The highest BCUT2D eigenvalue weighted by Crippen LogP contribution is 2.33. The van der Waals surface area contributed by atoms with Crippen molar-refractivity contribution in [1.29, 1.82) is 0 Å². The Morgan fingerprint density at radius 3 is 2.51 bits per heavy atom. The van der Waals surface area contributed by atoms with Crippen molar-refractivity contribution in [3.63, 3.8) is 0 Å². The number of hydrogen-bond donors (Lipinski definition) is 2. The number of rotatable bonds is 7. The second kappa shape index (κ2) is 9.52. The number of anilines is 2. The molecule has 5 rings (SSSR count). The number of aliphatic imine (C=N–C) groups is 1. The van der Waals surface area contributed by atoms with E-state index in [1.54, 1.807) is 44.6 Å². The summed E-state index contributed by atoms with van der Waals surface area (Å²) in [5.74, 6) is 2.86. The van der Waals surface area contributed by atoms with E-state index in [-0.39, 0.29) is 18.1 Å². The first-order chi connectivity index (χ1) is 17.7. The zero-order valence-electron chi connectivity index (χ0n) is 20.1. The molecule has 1 unspecified atom stereocenters. The molecule has 0 fully saturated rings. The first-order valence-electron chi connectivity index (χ1n) is 11.2. The SMILES string of the molecule is COc1ccc(OC)c(Nc2nc3cc(Oc4ccnc(C5=NCC(C(F)(F)F)N5)c4)ccc3n2C)c1. The fourth-order valence-corrected chi connectivity index (χ4v) is 3.91. The molecule has 0 amide bonds. The highest BCUT2D eigenvalue weighted by molar-refractivity contribution is 5.98. The topological polar surface area (TPSA) is 94.8 Å². The molecule has 0 aliphatic carbocycles. The number of aromatic nitrogens is 3. The Labute approximate surface area is 209 Å². The summed E-state index contributed by atoms with van der Waals surface area (Å²) in [5, 5.41) is 5.65. The van der Waals surface area contributed by atoms with Gasteiger partial charge in [-0.25, -0.2) is 4.98 Å². The van der Waals surface area contributed by atoms with Gasteiger partial charge in [0.05, 0.1) is 37.5 Å². The Bertz CT molecular complexity index is 1480. The maximum Gasteiger partial charge on any atom is 0.410 e. The van der Waals surface area contributed by atoms with Gasteiger partial charge in [0, 0.05) is 31.4 Å². The maximum atomic E-state index is 13.0. The number of methoxy groups -OCH3 is 2. The highest BCUT2D eigenvalue weighted by atomic mass is 19.4. The number of fused-ring (bicyclic) bond motifs is 1. The molecule has 0 bridgehead atoms. The third-order valence-electron chi connectivity index (χ3n) is 5.85. The monoisotopic (exact) mass is 512 g/mol. The molecule has 2 aromatic heterocycles. The first kappa shape index (κ1) is 24.2. The minimum Gasteiger partial charge on any atom is -0.497 e. The third kappa shape index (κ3) is 4.95. The number of alkyl halides is 3. The van der Waals surface area contributed by atoms with E-state index in [9.17, 15) is 13.2 Å². The van der Waals surface area contributed by atoms with Crippen molar-refractivity contribution in [1.82, 2.24) is 19.9 Å². The van der Waals surface area contributed by atoms with Gasteiger partial charge in [0.2, 0.25) is 5.95 Å². The average molecular weight is 512 g/mol. The normalized spacial score (nSPS) is 15.3. The lowest BCUT2D eigenvalue weighted by molar-refractivity contribution is -0.147. The summed E-state index contributed by atoms with van der Waals surface area (Å²) in [6.07, 6.45) is -2.93. The van der Waals surface area contributed by atoms with E-state index in [0.717, 1.165) is 5.52 Å². The van der Waals surface area contributed by atoms with Crippen LogP contribution in [-0.2, 0) is 7.05 Å². The Morgan fingerprint density at radius 2 is 1.78 bits per heavy atom. The van der Waals surface area contributed by atoms with Crippen molar-refractivity contribution in [3.8, 4) is 23.0 Å². The minimum atomic E-state index is -4.39. The molecule has 0 saturated heterocycles. The minimum absolute atomic E-state index is 0.0802. The van der Waals surface area contributed by atoms with Gasteiger partial charge in [0.25, 0.3) is 0 Å². The molecule has 9 nitrogen and oxygen atoms in total. The molecule has 1 aliphatic heterocycles. The van der Waals surface area contributed by atoms with Crippen molar-refractivity contribution in [2.75, 3.05) is 26.1 Å². The summed E-state index contributed by atoms with van der Waals surface area (Å²) in [4.78, 5) is 12.8. The molecule has 0 radical (unpaired) electrons. The largest absolute Gasteiger partial charge is 0.497 e. The number of aryl methyl sites for hydroxylation is 1. The predicted molar refractivity (Wildman–Crippen MR) is 132 cm³/mol. The van der Waals surface area contributed by atoms with Gasteiger partial charge in [-0.1, -0.05) is 0 Å². The fourth-order valence-electron chi connectivity index (χ4n) is 3.91. The molecule has 12 heteroatoms. The van der Waals surface area contributed by atoms with Crippen molar-refractivity contribution in [2.45, 2.75) is 12.2 Å². The molecular formula is C25H23F3N6O3. The first-order valence-corrected chi connectivity index (χ1v) is 11.2. The van der Waals surface area contributed by atoms with Crippen LogP contribution in [-0.4, -0.2) is 53.4 Å². The Kier molecular flexibility index (Phi) is 6.24. The summed E-state index contributed by atoms with van der Waals surface area (Å²) in [6.45, 7) is -0.389. The second-order valence-electron chi connectivity index (χ2n) is 8.24. The maximum absolute atomic E-state index is 13.0. The molecule has 0 saturated carbocycles. The predicted octanol–water partition coefficient (Wildman–Crippen LogP) is 4.80. The van der Waals surface area contributed by atoms with Crippen molar-refractivity contribution in [3.05, 3.63) is 60.4 Å². The van der Waals surface area contributed by atoms with Gasteiger partial charge in [0.15, 0.2) is 0 Å². The van der Waals surface area contributed by atoms with Gasteiger partial charge in [-0.2, -0.15) is 13.2 Å². The van der Waals surface area contributed by atoms with Crippen molar-refractivity contribution >= 4 is 28.5 Å². The number of nitrogens with one attached hydrogen (secondary N) is 2. The zero-order chi connectivity index (χ0) is 26.2. The summed E-state index contributed by atoms with van der Waals surface area (Å²) >= 11 is 0. The van der Waals surface area contributed by atoms with Crippen LogP contribution in [0.15, 0.2) is 59.7 Å². The summed E-state index contributed by atoms with van der Waals surface area (Å²) in [6, 6.07) is 12.3. The molecule has 192 valence electrons. The number of amidine groups is 1. The van der Waals surface area contributed by atoms with E-state index >= 15 is 0 Å². The molecule has 3 heterocycles. The Hall–Kier alpha value is -4.48. The third-order valence-corrected chi connectivity index (χ3v) is 5.85. The van der Waals surface area contributed by atoms with Crippen molar-refractivity contribution < 1.29 is 27.4 Å². The molecule has 2 aromatic carbocycles. The van der Waals surface area contributed by atoms with Crippen LogP contribution in [0.2, 0.25) is 0 Å². The molecule has 37 heavy (non-hydrogen) atoms. The van der Waals surface area contributed by atoms with Gasteiger partial charge >= 0.3 is 6.18 Å². The van der Waals surface area contributed by atoms with E-state index < -0.39 is 12.2 Å². The van der Waals surface area contributed by atoms with Crippen molar-refractivity contribution in [2.24, 2.45) is 12.0 Å². The summed E-state index contributed by atoms with van der Waals surface area (Å²) in [7, 11) is 5.05. The van der Waals surface area contributed by atoms with Crippen LogP contribution in [0, 0.1) is 0 Å². The number of nitrogens with zero attached hydrogens (tertiary/aromatic N) is 4. The lowest BCUT2D eigenvalue weighted by Crippen LogP contribution is -2.42. The number of ether oxygens (including phenoxy) is 3. The van der Waals surface area contributed by atoms with Gasteiger partial charge in [-0.05, 0) is 30.3 Å². The van der Waals surface area contributed by atoms with Gasteiger partial charge < -0.3 is 29.4 Å². The van der Waals surface area contributed by atoms with E-state index in [0.29, 0.717) is 40.2 Å². The Balaban J connectivity index is 1.36. The van der Waals surface area contributed by atoms with E-state index in [1.807, 2.05) is 23.7 Å². The smallest absolute Gasteiger partial charge is 0.410 e. The van der Waals surface area contributed by atoms with Crippen LogP contribution in [0.25, 0.3) is 11.0 Å². The fraction of sp³-hybridized carbons (Fsp3) is 0.240. The highest BCUT2D eigenvalue weighted by Gasteiger charge is 2.42. The quantitative estimate of drug-likeness (QED) is 0.367. The number of halogens is 3. The molecule has 2 N–H and O–H groups in total. The number of hydrogen-bond acceptors (Lipinski definition) is 8. The summed E-state index contributed by atoms with van der Waals surface area (Å²) in [5.41, 5.74) is 2.49. The number of pyridine rings is 1. The van der Waals surface area contributed by atoms with Crippen LogP contribution >= 0.6 is 0 Å². The molecular weight excluding hydrogens is 489 g/mol. The van der Waals surface area contributed by atoms with E-state index in [4.69, 9.17) is 14.2 Å². The van der Waals surface area contributed by atoms with Crippen LogP contribution in [0.3, 0.4) is 0 Å². The van der Waals surface area contributed by atoms with Gasteiger partial charge in [-0.3, -0.25) is 9.98 Å². The molecule has 1 aliphatic rings. The second-order valence-corrected chi connectivity index (χ2v) is 8.24. The van der Waals surface area contributed by atoms with Gasteiger partial charge in [0.1, 0.15) is 40.6 Å².